The Balaban J connectivity index is 1.35. The third-order valence-corrected chi connectivity index (χ3v) is 6.51. The lowest BCUT2D eigenvalue weighted by Crippen LogP contribution is -2.39. The Morgan fingerprint density at radius 1 is 1.00 bits per heavy atom. The van der Waals surface area contributed by atoms with Gasteiger partial charge in [0.2, 0.25) is 11.0 Å². The van der Waals surface area contributed by atoms with Gasteiger partial charge in [-0.1, -0.05) is 49.6 Å². The standard InChI is InChI=1S/C21H28N4OS/c26-20(18-10-5-2-6-11-18)24-12-7-13-25(15-14-24)21-22-19(23-27-21)16-17-8-3-1-4-9-17/h1,3-4,8-9,18H,2,5-7,10-16H2. The molecule has 1 aliphatic heterocycles. The van der Waals surface area contributed by atoms with Crippen LogP contribution >= 0.6 is 11.5 Å². The first-order chi connectivity index (χ1) is 13.3. The van der Waals surface area contributed by atoms with Gasteiger partial charge in [-0.25, -0.2) is 4.98 Å². The molecule has 1 aromatic carbocycles. The van der Waals surface area contributed by atoms with E-state index in [2.05, 4.69) is 38.4 Å². The number of carbonyl (C=O) groups excluding carboxylic acids is 1. The molecular weight excluding hydrogens is 356 g/mol. The van der Waals surface area contributed by atoms with Crippen molar-refractivity contribution in [3.05, 3.63) is 41.7 Å². The Bertz CT molecular complexity index is 742. The van der Waals surface area contributed by atoms with Crippen molar-refractivity contribution in [1.82, 2.24) is 14.3 Å². The van der Waals surface area contributed by atoms with E-state index in [4.69, 9.17) is 4.98 Å². The summed E-state index contributed by atoms with van der Waals surface area (Å²) < 4.78 is 4.55. The SMILES string of the molecule is O=C(C1CCCCC1)N1CCCN(c2nc(Cc3ccccc3)ns2)CC1. The summed E-state index contributed by atoms with van der Waals surface area (Å²) in [4.78, 5) is 22.0. The van der Waals surface area contributed by atoms with Gasteiger partial charge in [-0.05, 0) is 24.8 Å². The maximum atomic E-state index is 12.8. The third kappa shape index (κ3) is 4.67. The normalized spacial score (nSPS) is 19.1. The zero-order valence-electron chi connectivity index (χ0n) is 15.8. The predicted octanol–water partition coefficient (Wildman–Crippen LogP) is 3.75. The van der Waals surface area contributed by atoms with E-state index < -0.39 is 0 Å². The highest BCUT2D eigenvalue weighted by atomic mass is 32.1. The largest absolute Gasteiger partial charge is 0.345 e. The topological polar surface area (TPSA) is 49.3 Å². The van der Waals surface area contributed by atoms with Gasteiger partial charge in [0.05, 0.1) is 0 Å². The monoisotopic (exact) mass is 384 g/mol. The van der Waals surface area contributed by atoms with Crippen LogP contribution in [0.2, 0.25) is 0 Å². The summed E-state index contributed by atoms with van der Waals surface area (Å²) in [7, 11) is 0. The molecule has 2 heterocycles. The average Bonchev–Trinajstić information content (AvgIpc) is 3.04. The van der Waals surface area contributed by atoms with Gasteiger partial charge in [-0.15, -0.1) is 0 Å². The molecule has 27 heavy (non-hydrogen) atoms. The molecule has 144 valence electrons. The summed E-state index contributed by atoms with van der Waals surface area (Å²) in [6.07, 6.45) is 7.66. The van der Waals surface area contributed by atoms with E-state index in [1.807, 2.05) is 6.07 Å². The maximum Gasteiger partial charge on any atom is 0.225 e. The zero-order chi connectivity index (χ0) is 18.5. The van der Waals surface area contributed by atoms with Crippen molar-refractivity contribution in [2.75, 3.05) is 31.1 Å². The van der Waals surface area contributed by atoms with Gasteiger partial charge in [0.15, 0.2) is 0 Å². The number of hydrogen-bond donors (Lipinski definition) is 0. The van der Waals surface area contributed by atoms with Crippen molar-refractivity contribution < 1.29 is 4.79 Å². The molecule has 6 heteroatoms. The van der Waals surface area contributed by atoms with Crippen LogP contribution in [-0.4, -0.2) is 46.3 Å². The minimum absolute atomic E-state index is 0.268. The minimum atomic E-state index is 0.268. The third-order valence-electron chi connectivity index (χ3n) is 5.69. The Morgan fingerprint density at radius 2 is 1.81 bits per heavy atom. The minimum Gasteiger partial charge on any atom is -0.345 e. The predicted molar refractivity (Wildman–Crippen MR) is 109 cm³/mol. The molecule has 0 N–H and O–H groups in total. The van der Waals surface area contributed by atoms with Crippen molar-refractivity contribution in [3.63, 3.8) is 0 Å². The first-order valence-corrected chi connectivity index (χ1v) is 11.0. The van der Waals surface area contributed by atoms with E-state index in [1.165, 1.54) is 36.4 Å². The molecule has 2 fully saturated rings. The van der Waals surface area contributed by atoms with Crippen LogP contribution in [0, 0.1) is 5.92 Å². The van der Waals surface area contributed by atoms with Crippen LogP contribution in [0.1, 0.15) is 49.9 Å². The summed E-state index contributed by atoms with van der Waals surface area (Å²) >= 11 is 1.48. The molecule has 5 nitrogen and oxygen atoms in total. The van der Waals surface area contributed by atoms with Gasteiger partial charge >= 0.3 is 0 Å². The number of aromatic nitrogens is 2. The summed E-state index contributed by atoms with van der Waals surface area (Å²) in [5.74, 6) is 1.54. The van der Waals surface area contributed by atoms with Crippen LogP contribution in [0.5, 0.6) is 0 Å². The number of rotatable bonds is 4. The molecule has 1 aromatic heterocycles. The summed E-state index contributed by atoms with van der Waals surface area (Å²) in [6, 6.07) is 10.4. The van der Waals surface area contributed by atoms with Crippen LogP contribution in [0.25, 0.3) is 0 Å². The smallest absolute Gasteiger partial charge is 0.225 e. The molecule has 0 atom stereocenters. The van der Waals surface area contributed by atoms with Gasteiger partial charge in [0.1, 0.15) is 5.82 Å². The van der Waals surface area contributed by atoms with Crippen LogP contribution in [0.4, 0.5) is 5.13 Å². The molecule has 2 aliphatic rings. The molecule has 2 aromatic rings. The highest BCUT2D eigenvalue weighted by Crippen LogP contribution is 2.26. The van der Waals surface area contributed by atoms with Crippen LogP contribution in [0.3, 0.4) is 0 Å². The fourth-order valence-electron chi connectivity index (χ4n) is 4.16. The molecule has 1 saturated heterocycles. The Hall–Kier alpha value is -1.95. The lowest BCUT2D eigenvalue weighted by atomic mass is 9.88. The lowest BCUT2D eigenvalue weighted by Gasteiger charge is -2.28. The van der Waals surface area contributed by atoms with Crippen LogP contribution < -0.4 is 4.90 Å². The average molecular weight is 385 g/mol. The van der Waals surface area contributed by atoms with E-state index in [9.17, 15) is 4.79 Å². The molecule has 0 unspecified atom stereocenters. The van der Waals surface area contributed by atoms with Crippen molar-refractivity contribution in [1.29, 1.82) is 0 Å². The van der Waals surface area contributed by atoms with Gasteiger partial charge in [0, 0.05) is 50.1 Å². The number of benzene rings is 1. The molecule has 1 amide bonds. The van der Waals surface area contributed by atoms with E-state index in [0.717, 1.165) is 62.8 Å². The van der Waals surface area contributed by atoms with Gasteiger partial charge in [-0.3, -0.25) is 4.79 Å². The van der Waals surface area contributed by atoms with E-state index in [0.29, 0.717) is 5.91 Å². The molecular formula is C21H28N4OS. The molecule has 1 aliphatic carbocycles. The quantitative estimate of drug-likeness (QED) is 0.806. The van der Waals surface area contributed by atoms with Crippen molar-refractivity contribution in [2.45, 2.75) is 44.9 Å². The number of amides is 1. The van der Waals surface area contributed by atoms with E-state index in [1.54, 1.807) is 0 Å². The number of carbonyl (C=O) groups is 1. The fraction of sp³-hybridized carbons (Fsp3) is 0.571. The van der Waals surface area contributed by atoms with E-state index in [-0.39, 0.29) is 5.92 Å². The van der Waals surface area contributed by atoms with Gasteiger partial charge in [0.25, 0.3) is 0 Å². The molecule has 1 saturated carbocycles. The first-order valence-electron chi connectivity index (χ1n) is 10.2. The summed E-state index contributed by atoms with van der Waals surface area (Å²) in [6.45, 7) is 3.50. The maximum absolute atomic E-state index is 12.8. The van der Waals surface area contributed by atoms with Gasteiger partial charge in [-0.2, -0.15) is 4.37 Å². The highest BCUT2D eigenvalue weighted by Gasteiger charge is 2.28. The van der Waals surface area contributed by atoms with Crippen molar-refractivity contribution in [3.8, 4) is 0 Å². The summed E-state index contributed by atoms with van der Waals surface area (Å²) in [5, 5.41) is 0.993. The fourth-order valence-corrected chi connectivity index (χ4v) is 4.90. The Morgan fingerprint density at radius 3 is 2.63 bits per heavy atom. The Labute approximate surface area is 165 Å². The Kier molecular flexibility index (Phi) is 6.02. The second-order valence-electron chi connectivity index (χ2n) is 7.66. The van der Waals surface area contributed by atoms with Crippen LogP contribution in [-0.2, 0) is 11.2 Å². The zero-order valence-corrected chi connectivity index (χ0v) is 16.7. The highest BCUT2D eigenvalue weighted by molar-refractivity contribution is 7.09. The van der Waals surface area contributed by atoms with Crippen molar-refractivity contribution >= 4 is 22.6 Å². The van der Waals surface area contributed by atoms with Crippen LogP contribution in [0.15, 0.2) is 30.3 Å². The first kappa shape index (κ1) is 18.4. The van der Waals surface area contributed by atoms with Crippen molar-refractivity contribution in [2.24, 2.45) is 5.92 Å². The van der Waals surface area contributed by atoms with E-state index >= 15 is 0 Å². The summed E-state index contributed by atoms with van der Waals surface area (Å²) in [5.41, 5.74) is 1.24. The molecule has 4 rings (SSSR count). The molecule has 0 radical (unpaired) electrons. The number of nitrogens with zero attached hydrogens (tertiary/aromatic N) is 4. The molecule has 0 spiro atoms. The van der Waals surface area contributed by atoms with Gasteiger partial charge < -0.3 is 9.80 Å². The second kappa shape index (κ2) is 8.83. The molecule has 0 bridgehead atoms. The number of hydrogen-bond acceptors (Lipinski definition) is 5. The lowest BCUT2D eigenvalue weighted by molar-refractivity contribution is -0.136. The second-order valence-corrected chi connectivity index (χ2v) is 8.39. The number of anilines is 1.